The van der Waals surface area contributed by atoms with E-state index < -0.39 is 0 Å². The summed E-state index contributed by atoms with van der Waals surface area (Å²) < 4.78 is 0. The molecular weight excluding hydrogens is 178 g/mol. The molecule has 1 aromatic rings. The molecule has 0 bridgehead atoms. The van der Waals surface area contributed by atoms with Crippen molar-refractivity contribution in [2.24, 2.45) is 0 Å². The molecular formula is C10H13N3O. The van der Waals surface area contributed by atoms with Crippen molar-refractivity contribution in [1.29, 1.82) is 0 Å². The molecule has 2 N–H and O–H groups in total. The van der Waals surface area contributed by atoms with Crippen LogP contribution in [-0.2, 0) is 4.79 Å². The Labute approximate surface area is 82.7 Å². The van der Waals surface area contributed by atoms with Crippen LogP contribution in [0.25, 0.3) is 0 Å². The maximum atomic E-state index is 11.7. The van der Waals surface area contributed by atoms with Gasteiger partial charge in [0.25, 0.3) is 0 Å². The Balaban J connectivity index is 2.24. The zero-order valence-corrected chi connectivity index (χ0v) is 8.10. The highest BCUT2D eigenvalue weighted by Crippen LogP contribution is 2.27. The van der Waals surface area contributed by atoms with Crippen molar-refractivity contribution in [3.05, 3.63) is 23.9 Å². The van der Waals surface area contributed by atoms with E-state index in [1.165, 1.54) is 0 Å². The molecule has 1 atom stereocenters. The largest absolute Gasteiger partial charge is 0.384 e. The van der Waals surface area contributed by atoms with Crippen molar-refractivity contribution in [2.75, 3.05) is 19.3 Å². The van der Waals surface area contributed by atoms with Gasteiger partial charge >= 0.3 is 0 Å². The zero-order chi connectivity index (χ0) is 10.1. The Morgan fingerprint density at radius 3 is 2.86 bits per heavy atom. The summed E-state index contributed by atoms with van der Waals surface area (Å²) in [6.07, 6.45) is 2.57. The number of carbonyl (C=O) groups excluding carboxylic acids is 1. The number of nitrogen functional groups attached to an aromatic ring is 1. The standard InChI is InChI=1S/C10H13N3O/c1-13-5-4-8(10(13)14)7-2-3-9(11)12-6-7/h2-3,6,8H,4-5H2,1H3,(H2,11,12). The van der Waals surface area contributed by atoms with Gasteiger partial charge in [-0.25, -0.2) is 4.98 Å². The van der Waals surface area contributed by atoms with Gasteiger partial charge in [-0.1, -0.05) is 6.07 Å². The van der Waals surface area contributed by atoms with Gasteiger partial charge in [0.2, 0.25) is 5.91 Å². The molecule has 1 saturated heterocycles. The van der Waals surface area contributed by atoms with Crippen LogP contribution in [-0.4, -0.2) is 29.4 Å². The molecule has 4 heteroatoms. The molecule has 1 unspecified atom stereocenters. The molecule has 0 aromatic carbocycles. The second-order valence-electron chi connectivity index (χ2n) is 3.62. The molecule has 1 aliphatic rings. The molecule has 14 heavy (non-hydrogen) atoms. The number of anilines is 1. The summed E-state index contributed by atoms with van der Waals surface area (Å²) in [5.74, 6) is 0.650. The molecule has 1 amide bonds. The van der Waals surface area contributed by atoms with Gasteiger partial charge in [0, 0.05) is 19.8 Å². The van der Waals surface area contributed by atoms with Gasteiger partial charge in [-0.3, -0.25) is 4.79 Å². The normalized spacial score (nSPS) is 21.6. The molecule has 4 nitrogen and oxygen atoms in total. The summed E-state index contributed by atoms with van der Waals surface area (Å²) in [4.78, 5) is 17.4. The van der Waals surface area contributed by atoms with Gasteiger partial charge in [-0.2, -0.15) is 0 Å². The molecule has 2 rings (SSSR count). The minimum absolute atomic E-state index is 0.0203. The first-order valence-corrected chi connectivity index (χ1v) is 4.65. The van der Waals surface area contributed by atoms with Crippen molar-refractivity contribution < 1.29 is 4.79 Å². The number of hydrogen-bond acceptors (Lipinski definition) is 3. The van der Waals surface area contributed by atoms with Crippen molar-refractivity contribution in [3.63, 3.8) is 0 Å². The highest BCUT2D eigenvalue weighted by Gasteiger charge is 2.30. The molecule has 0 radical (unpaired) electrons. The van der Waals surface area contributed by atoms with Crippen LogP contribution >= 0.6 is 0 Å². The summed E-state index contributed by atoms with van der Waals surface area (Å²) >= 11 is 0. The number of carbonyl (C=O) groups is 1. The van der Waals surface area contributed by atoms with Crippen LogP contribution in [0.3, 0.4) is 0 Å². The molecule has 1 aromatic heterocycles. The lowest BCUT2D eigenvalue weighted by molar-refractivity contribution is -0.127. The van der Waals surface area contributed by atoms with Crippen LogP contribution in [0.1, 0.15) is 17.9 Å². The number of hydrogen-bond donors (Lipinski definition) is 1. The van der Waals surface area contributed by atoms with Gasteiger partial charge < -0.3 is 10.6 Å². The molecule has 1 aliphatic heterocycles. The van der Waals surface area contributed by atoms with E-state index in [4.69, 9.17) is 5.73 Å². The molecule has 2 heterocycles. The highest BCUT2D eigenvalue weighted by atomic mass is 16.2. The topological polar surface area (TPSA) is 59.2 Å². The van der Waals surface area contributed by atoms with Crippen LogP contribution in [0, 0.1) is 0 Å². The summed E-state index contributed by atoms with van der Waals surface area (Å²) in [5, 5.41) is 0. The van der Waals surface area contributed by atoms with Crippen LogP contribution in [0.2, 0.25) is 0 Å². The number of nitrogens with zero attached hydrogens (tertiary/aromatic N) is 2. The quantitative estimate of drug-likeness (QED) is 0.707. The van der Waals surface area contributed by atoms with Gasteiger partial charge in [-0.15, -0.1) is 0 Å². The number of rotatable bonds is 1. The fourth-order valence-electron chi connectivity index (χ4n) is 1.75. The van der Waals surface area contributed by atoms with Crippen LogP contribution < -0.4 is 5.73 Å². The fraction of sp³-hybridized carbons (Fsp3) is 0.400. The van der Waals surface area contributed by atoms with E-state index in [0.29, 0.717) is 5.82 Å². The van der Waals surface area contributed by atoms with E-state index in [-0.39, 0.29) is 11.8 Å². The molecule has 0 saturated carbocycles. The Kier molecular flexibility index (Phi) is 2.11. The highest BCUT2D eigenvalue weighted by molar-refractivity contribution is 5.85. The summed E-state index contributed by atoms with van der Waals surface area (Å²) in [7, 11) is 1.83. The Morgan fingerprint density at radius 1 is 1.57 bits per heavy atom. The van der Waals surface area contributed by atoms with Crippen molar-refractivity contribution in [3.8, 4) is 0 Å². The summed E-state index contributed by atoms with van der Waals surface area (Å²) in [6.45, 7) is 0.827. The van der Waals surface area contributed by atoms with Gasteiger partial charge in [0.15, 0.2) is 0 Å². The number of likely N-dealkylation sites (N-methyl/N-ethyl adjacent to an activating group) is 1. The summed E-state index contributed by atoms with van der Waals surface area (Å²) in [5.41, 5.74) is 6.45. The SMILES string of the molecule is CN1CCC(c2ccc(N)nc2)C1=O. The van der Waals surface area contributed by atoms with Crippen LogP contribution in [0.4, 0.5) is 5.82 Å². The molecule has 0 spiro atoms. The Hall–Kier alpha value is -1.58. The van der Waals surface area contributed by atoms with Gasteiger partial charge in [0.05, 0.1) is 5.92 Å². The molecule has 1 fully saturated rings. The van der Waals surface area contributed by atoms with E-state index in [2.05, 4.69) is 4.98 Å². The lowest BCUT2D eigenvalue weighted by atomic mass is 10.00. The first-order chi connectivity index (χ1) is 6.68. The third kappa shape index (κ3) is 1.43. The number of amides is 1. The zero-order valence-electron chi connectivity index (χ0n) is 8.10. The summed E-state index contributed by atoms with van der Waals surface area (Å²) in [6, 6.07) is 3.62. The number of pyridine rings is 1. The third-order valence-corrected chi connectivity index (χ3v) is 2.64. The van der Waals surface area contributed by atoms with Crippen molar-refractivity contribution >= 4 is 11.7 Å². The number of nitrogens with two attached hydrogens (primary N) is 1. The smallest absolute Gasteiger partial charge is 0.229 e. The van der Waals surface area contributed by atoms with Gasteiger partial charge in [0.1, 0.15) is 5.82 Å². The van der Waals surface area contributed by atoms with E-state index in [1.807, 2.05) is 13.1 Å². The second-order valence-corrected chi connectivity index (χ2v) is 3.62. The Morgan fingerprint density at radius 2 is 2.36 bits per heavy atom. The van der Waals surface area contributed by atoms with E-state index in [9.17, 15) is 4.79 Å². The van der Waals surface area contributed by atoms with E-state index in [1.54, 1.807) is 17.2 Å². The minimum Gasteiger partial charge on any atom is -0.384 e. The predicted octanol–water partition coefficient (Wildman–Crippen LogP) is 0.610. The average Bonchev–Trinajstić information content (AvgIpc) is 2.50. The molecule has 0 aliphatic carbocycles. The maximum Gasteiger partial charge on any atom is 0.229 e. The third-order valence-electron chi connectivity index (χ3n) is 2.64. The first kappa shape index (κ1) is 8.99. The Bertz CT molecular complexity index is 347. The fourth-order valence-corrected chi connectivity index (χ4v) is 1.75. The number of aromatic nitrogens is 1. The monoisotopic (exact) mass is 191 g/mol. The lowest BCUT2D eigenvalue weighted by Crippen LogP contribution is -2.21. The van der Waals surface area contributed by atoms with Crippen LogP contribution in [0.5, 0.6) is 0 Å². The second kappa shape index (κ2) is 3.29. The maximum absolute atomic E-state index is 11.7. The van der Waals surface area contributed by atoms with Crippen molar-refractivity contribution in [1.82, 2.24) is 9.88 Å². The average molecular weight is 191 g/mol. The van der Waals surface area contributed by atoms with E-state index in [0.717, 1.165) is 18.5 Å². The lowest BCUT2D eigenvalue weighted by Gasteiger charge is -2.09. The van der Waals surface area contributed by atoms with Crippen molar-refractivity contribution in [2.45, 2.75) is 12.3 Å². The van der Waals surface area contributed by atoms with Crippen LogP contribution in [0.15, 0.2) is 18.3 Å². The van der Waals surface area contributed by atoms with E-state index >= 15 is 0 Å². The van der Waals surface area contributed by atoms with Gasteiger partial charge in [-0.05, 0) is 18.1 Å². The first-order valence-electron chi connectivity index (χ1n) is 4.65. The molecule has 74 valence electrons. The minimum atomic E-state index is -0.0203. The predicted molar refractivity (Wildman–Crippen MR) is 53.6 cm³/mol. The number of likely N-dealkylation sites (tertiary alicyclic amines) is 1.